The Balaban J connectivity index is 0. The zero-order valence-corrected chi connectivity index (χ0v) is 16.2. The van der Waals surface area contributed by atoms with E-state index in [-0.39, 0.29) is 44.7 Å². The van der Waals surface area contributed by atoms with Crippen molar-refractivity contribution in [3.05, 3.63) is 0 Å². The Hall–Kier alpha value is -0.636. The Morgan fingerprint density at radius 2 is 0.875 bits per heavy atom. The number of aliphatic hydroxyl groups is 4. The number of carbonyl (C=O) groups excluding carboxylic acids is 2. The predicted octanol–water partition coefficient (Wildman–Crippen LogP) is -1.45. The van der Waals surface area contributed by atoms with Crippen LogP contribution in [-0.4, -0.2) is 92.6 Å². The molecule has 0 aliphatic rings. The van der Waals surface area contributed by atoms with Gasteiger partial charge in [0, 0.05) is 44.7 Å². The van der Waals surface area contributed by atoms with Crippen molar-refractivity contribution in [1.29, 1.82) is 0 Å². The number of amides is 2. The van der Waals surface area contributed by atoms with Crippen molar-refractivity contribution in [3.63, 3.8) is 0 Å². The molecule has 0 spiro atoms. The summed E-state index contributed by atoms with van der Waals surface area (Å²) in [6.45, 7) is 6.12. The van der Waals surface area contributed by atoms with Crippen molar-refractivity contribution in [1.82, 2.24) is 9.80 Å². The first-order valence-corrected chi connectivity index (χ1v) is 7.80. The molecule has 1 radical (unpaired) electrons. The van der Waals surface area contributed by atoms with Crippen LogP contribution < -0.4 is 0 Å². The van der Waals surface area contributed by atoms with Crippen LogP contribution in [0.1, 0.15) is 34.1 Å². The normalized spacial score (nSPS) is 15.7. The van der Waals surface area contributed by atoms with Crippen LogP contribution in [0.4, 0.5) is 0 Å². The van der Waals surface area contributed by atoms with Gasteiger partial charge in [0.2, 0.25) is 11.8 Å². The first-order valence-electron chi connectivity index (χ1n) is 7.80. The Labute approximate surface area is 155 Å². The zero-order valence-electron chi connectivity index (χ0n) is 14.8. The summed E-state index contributed by atoms with van der Waals surface area (Å²) in [7, 11) is 0. The van der Waals surface area contributed by atoms with Crippen LogP contribution in [0.3, 0.4) is 0 Å². The van der Waals surface area contributed by atoms with E-state index in [9.17, 15) is 30.0 Å². The van der Waals surface area contributed by atoms with Gasteiger partial charge in [-0.25, -0.2) is 0 Å². The van der Waals surface area contributed by atoms with Crippen molar-refractivity contribution < 1.29 is 48.6 Å². The van der Waals surface area contributed by atoms with Crippen molar-refractivity contribution in [3.8, 4) is 0 Å². The van der Waals surface area contributed by atoms with E-state index in [2.05, 4.69) is 0 Å². The minimum absolute atomic E-state index is 0. The van der Waals surface area contributed by atoms with Crippen LogP contribution in [0.25, 0.3) is 0 Å². The van der Waals surface area contributed by atoms with Crippen LogP contribution in [-0.2, 0) is 28.1 Å². The van der Waals surface area contributed by atoms with Gasteiger partial charge in [-0.15, -0.1) is 0 Å². The molecule has 0 bridgehead atoms. The SMILES string of the molecule is CC(O)CN(CC(C)O)C(=O)CC(=O)N(CC(C)O)CC(C)O.[V]. The Bertz CT molecular complexity index is 323. The average molecular weight is 385 g/mol. The minimum atomic E-state index is -0.779. The molecule has 24 heavy (non-hydrogen) atoms. The molecule has 0 saturated carbocycles. The molecule has 4 atom stereocenters. The van der Waals surface area contributed by atoms with Gasteiger partial charge in [-0.3, -0.25) is 9.59 Å². The summed E-state index contributed by atoms with van der Waals surface area (Å²) in [6.07, 6.45) is -3.56. The van der Waals surface area contributed by atoms with Crippen molar-refractivity contribution in [2.75, 3.05) is 26.2 Å². The molecule has 0 heterocycles. The van der Waals surface area contributed by atoms with E-state index in [0.29, 0.717) is 0 Å². The van der Waals surface area contributed by atoms with Crippen LogP contribution in [0, 0.1) is 0 Å². The molecule has 4 unspecified atom stereocenters. The van der Waals surface area contributed by atoms with E-state index in [1.165, 1.54) is 37.5 Å². The Morgan fingerprint density at radius 3 is 1.04 bits per heavy atom. The molecule has 0 saturated heterocycles. The van der Waals surface area contributed by atoms with E-state index >= 15 is 0 Å². The van der Waals surface area contributed by atoms with Gasteiger partial charge in [0.1, 0.15) is 6.42 Å². The summed E-state index contributed by atoms with van der Waals surface area (Å²) in [5.74, 6) is -1.03. The van der Waals surface area contributed by atoms with Gasteiger partial charge in [0.15, 0.2) is 0 Å². The molecule has 0 fully saturated rings. The molecular weight excluding hydrogens is 355 g/mol. The first kappa shape index (κ1) is 25.6. The number of nitrogens with zero attached hydrogens (tertiary/aromatic N) is 2. The maximum absolute atomic E-state index is 12.2. The predicted molar refractivity (Wildman–Crippen MR) is 84.5 cm³/mol. The summed E-state index contributed by atoms with van der Waals surface area (Å²) in [5, 5.41) is 37.7. The second-order valence-electron chi connectivity index (χ2n) is 6.17. The largest absolute Gasteiger partial charge is 0.392 e. The number of rotatable bonds is 10. The molecule has 0 aliphatic heterocycles. The fourth-order valence-electron chi connectivity index (χ4n) is 2.19. The number of carbonyl (C=O) groups is 2. The maximum atomic E-state index is 12.2. The average Bonchev–Trinajstić information content (AvgIpc) is 2.34. The van der Waals surface area contributed by atoms with Gasteiger partial charge in [-0.2, -0.15) is 0 Å². The quantitative estimate of drug-likeness (QED) is 0.342. The molecule has 0 aromatic rings. The molecule has 4 N–H and O–H groups in total. The summed E-state index contributed by atoms with van der Waals surface area (Å²) in [4.78, 5) is 26.9. The molecule has 9 heteroatoms. The summed E-state index contributed by atoms with van der Waals surface area (Å²) in [6, 6.07) is 0. The molecule has 2 amide bonds. The van der Waals surface area contributed by atoms with Crippen LogP contribution >= 0.6 is 0 Å². The zero-order chi connectivity index (χ0) is 18.2. The van der Waals surface area contributed by atoms with Crippen LogP contribution in [0.2, 0.25) is 0 Å². The van der Waals surface area contributed by atoms with Crippen molar-refractivity contribution in [2.45, 2.75) is 58.5 Å². The number of hydrogen-bond donors (Lipinski definition) is 4. The minimum Gasteiger partial charge on any atom is -0.392 e. The van der Waals surface area contributed by atoms with E-state index in [1.54, 1.807) is 0 Å². The van der Waals surface area contributed by atoms with E-state index in [0.717, 1.165) is 0 Å². The Morgan fingerprint density at radius 1 is 0.667 bits per heavy atom. The molecule has 0 aliphatic carbocycles. The fourth-order valence-corrected chi connectivity index (χ4v) is 2.19. The fraction of sp³-hybridized carbons (Fsp3) is 0.867. The second kappa shape index (κ2) is 12.7. The van der Waals surface area contributed by atoms with Crippen LogP contribution in [0.15, 0.2) is 0 Å². The first-order chi connectivity index (χ1) is 10.5. The molecule has 0 rings (SSSR count). The smallest absolute Gasteiger partial charge is 0.232 e. The number of aliphatic hydroxyl groups excluding tert-OH is 4. The summed E-state index contributed by atoms with van der Waals surface area (Å²) in [5.41, 5.74) is 0. The van der Waals surface area contributed by atoms with Gasteiger partial charge < -0.3 is 30.2 Å². The second-order valence-corrected chi connectivity index (χ2v) is 6.17. The van der Waals surface area contributed by atoms with Gasteiger partial charge >= 0.3 is 0 Å². The third kappa shape index (κ3) is 11.8. The summed E-state index contributed by atoms with van der Waals surface area (Å²) < 4.78 is 0. The Kier molecular flexibility index (Phi) is 13.5. The molecule has 141 valence electrons. The topological polar surface area (TPSA) is 122 Å². The van der Waals surface area contributed by atoms with Gasteiger partial charge in [-0.1, -0.05) is 0 Å². The summed E-state index contributed by atoms with van der Waals surface area (Å²) >= 11 is 0. The third-order valence-electron chi connectivity index (χ3n) is 2.95. The van der Waals surface area contributed by atoms with Gasteiger partial charge in [-0.05, 0) is 27.7 Å². The van der Waals surface area contributed by atoms with Gasteiger partial charge in [0.25, 0.3) is 0 Å². The molecule has 0 aromatic heterocycles. The molecule has 8 nitrogen and oxygen atoms in total. The molecule has 0 aromatic carbocycles. The van der Waals surface area contributed by atoms with Crippen molar-refractivity contribution >= 4 is 11.8 Å². The maximum Gasteiger partial charge on any atom is 0.232 e. The molecular formula is C15H30N2O6V. The van der Waals surface area contributed by atoms with Gasteiger partial charge in [0.05, 0.1) is 24.4 Å². The van der Waals surface area contributed by atoms with E-state index in [1.807, 2.05) is 0 Å². The van der Waals surface area contributed by atoms with Crippen molar-refractivity contribution in [2.24, 2.45) is 0 Å². The van der Waals surface area contributed by atoms with E-state index in [4.69, 9.17) is 0 Å². The van der Waals surface area contributed by atoms with Crippen LogP contribution in [0.5, 0.6) is 0 Å². The van der Waals surface area contributed by atoms with E-state index < -0.39 is 42.7 Å². The number of hydrogen-bond acceptors (Lipinski definition) is 6. The monoisotopic (exact) mass is 385 g/mol. The third-order valence-corrected chi connectivity index (χ3v) is 2.95. The standard InChI is InChI=1S/C15H30N2O6.V/c1-10(18)6-16(7-11(2)19)14(22)5-15(23)17(8-12(3)20)9-13(4)21;/h10-13,18-21H,5-9H2,1-4H3;.